The third-order valence-electron chi connectivity index (χ3n) is 1.65. The summed E-state index contributed by atoms with van der Waals surface area (Å²) in [5, 5.41) is 0.465. The third kappa shape index (κ3) is 9.67. The first kappa shape index (κ1) is 19.3. The summed E-state index contributed by atoms with van der Waals surface area (Å²) in [6, 6.07) is 8.02. The quantitative estimate of drug-likeness (QED) is 0.630. The van der Waals surface area contributed by atoms with Crippen LogP contribution in [0, 0.1) is 0 Å². The third-order valence-corrected chi connectivity index (χ3v) is 2.07. The minimum absolute atomic E-state index is 0. The standard InChI is InChI=1S/C10H10.C2H4O3S.K.H/c1-3-9-7-5-6-8-10(9)4-2;1-2-6(3,4)5;;/h3-8H,1-2H2;2H,1H2,(H,3,4,5);;/q;;+1;-1. The summed E-state index contributed by atoms with van der Waals surface area (Å²) in [4.78, 5) is 0. The molecule has 17 heavy (non-hydrogen) atoms. The Bertz CT molecular complexity index is 445. The molecular formula is C12H15KO3S. The second kappa shape index (κ2) is 9.96. The van der Waals surface area contributed by atoms with E-state index in [1.165, 1.54) is 0 Å². The molecule has 0 fully saturated rings. The van der Waals surface area contributed by atoms with Crippen molar-refractivity contribution in [2.24, 2.45) is 0 Å². The molecule has 5 heteroatoms. The van der Waals surface area contributed by atoms with Gasteiger partial charge in [0.2, 0.25) is 0 Å². The van der Waals surface area contributed by atoms with Gasteiger partial charge < -0.3 is 1.43 Å². The SMILES string of the molecule is C=CS(=O)(=O)O.C=Cc1ccccc1C=C.[H-].[K+]. The second-order valence-corrected chi connectivity index (χ2v) is 4.08. The Balaban J connectivity index is -0.000000250. The first-order valence-electron chi connectivity index (χ1n) is 4.38. The molecule has 0 radical (unpaired) electrons. The minimum Gasteiger partial charge on any atom is -1.00 e. The zero-order valence-corrected chi connectivity index (χ0v) is 13.8. The van der Waals surface area contributed by atoms with Crippen molar-refractivity contribution in [3.8, 4) is 0 Å². The van der Waals surface area contributed by atoms with Crippen LogP contribution in [0.5, 0.6) is 0 Å². The van der Waals surface area contributed by atoms with E-state index < -0.39 is 10.1 Å². The Labute approximate surface area is 147 Å². The predicted octanol–water partition coefficient (Wildman–Crippen LogP) is 0.107. The van der Waals surface area contributed by atoms with Crippen molar-refractivity contribution in [2.45, 2.75) is 0 Å². The Morgan fingerprint density at radius 1 is 1.06 bits per heavy atom. The smallest absolute Gasteiger partial charge is 1.00 e. The van der Waals surface area contributed by atoms with Crippen molar-refractivity contribution in [3.63, 3.8) is 0 Å². The van der Waals surface area contributed by atoms with Crippen LogP contribution in [0.1, 0.15) is 12.6 Å². The van der Waals surface area contributed by atoms with Crippen LogP contribution in [0.4, 0.5) is 0 Å². The molecule has 0 saturated carbocycles. The molecule has 0 aromatic heterocycles. The molecule has 0 heterocycles. The summed E-state index contributed by atoms with van der Waals surface area (Å²) in [5.41, 5.74) is 2.27. The van der Waals surface area contributed by atoms with Crippen molar-refractivity contribution >= 4 is 22.3 Å². The Hall–Kier alpha value is -0.0136. The average molecular weight is 278 g/mol. The van der Waals surface area contributed by atoms with Gasteiger partial charge in [-0.1, -0.05) is 56.2 Å². The molecule has 0 aliphatic heterocycles. The summed E-state index contributed by atoms with van der Waals surface area (Å²) in [5.74, 6) is 0. The van der Waals surface area contributed by atoms with Gasteiger partial charge >= 0.3 is 51.4 Å². The summed E-state index contributed by atoms with van der Waals surface area (Å²) >= 11 is 0. The van der Waals surface area contributed by atoms with Gasteiger partial charge in [-0.3, -0.25) is 4.55 Å². The molecule has 0 unspecified atom stereocenters. The molecule has 3 nitrogen and oxygen atoms in total. The number of hydrogen-bond donors (Lipinski definition) is 1. The van der Waals surface area contributed by atoms with E-state index in [1.807, 2.05) is 36.4 Å². The molecule has 1 aromatic rings. The summed E-state index contributed by atoms with van der Waals surface area (Å²) in [7, 11) is -3.90. The normalized spacial score (nSPS) is 9.00. The fraction of sp³-hybridized carbons (Fsp3) is 0. The average Bonchev–Trinajstić information content (AvgIpc) is 2.28. The molecular weight excluding hydrogens is 263 g/mol. The molecule has 88 valence electrons. The molecule has 0 atom stereocenters. The van der Waals surface area contributed by atoms with Gasteiger partial charge in [0.05, 0.1) is 5.41 Å². The Morgan fingerprint density at radius 2 is 1.35 bits per heavy atom. The van der Waals surface area contributed by atoms with Gasteiger partial charge in [0.15, 0.2) is 0 Å². The predicted molar refractivity (Wildman–Crippen MR) is 69.5 cm³/mol. The molecule has 0 spiro atoms. The molecule has 0 aliphatic rings. The van der Waals surface area contributed by atoms with Crippen LogP contribution in [0.25, 0.3) is 12.2 Å². The Kier molecular flexibility index (Phi) is 11.3. The maximum atomic E-state index is 9.44. The van der Waals surface area contributed by atoms with Crippen molar-refractivity contribution < 1.29 is 65.8 Å². The van der Waals surface area contributed by atoms with Crippen LogP contribution in [-0.2, 0) is 10.1 Å². The van der Waals surface area contributed by atoms with Crippen LogP contribution in [0.2, 0.25) is 0 Å². The van der Waals surface area contributed by atoms with Crippen molar-refractivity contribution in [1.29, 1.82) is 0 Å². The topological polar surface area (TPSA) is 54.4 Å². The zero-order valence-electron chi connectivity index (χ0n) is 10.8. The maximum absolute atomic E-state index is 9.44. The minimum atomic E-state index is -3.90. The monoisotopic (exact) mass is 278 g/mol. The maximum Gasteiger partial charge on any atom is 1.00 e. The first-order chi connectivity index (χ1) is 7.44. The molecule has 0 aliphatic carbocycles. The van der Waals surface area contributed by atoms with E-state index in [-0.39, 0.29) is 52.8 Å². The van der Waals surface area contributed by atoms with Gasteiger partial charge in [0.25, 0.3) is 10.1 Å². The van der Waals surface area contributed by atoms with E-state index in [4.69, 9.17) is 4.55 Å². The van der Waals surface area contributed by atoms with Crippen molar-refractivity contribution in [2.75, 3.05) is 0 Å². The van der Waals surface area contributed by atoms with Gasteiger partial charge in [-0.25, -0.2) is 0 Å². The first-order valence-corrected chi connectivity index (χ1v) is 5.88. The van der Waals surface area contributed by atoms with Gasteiger partial charge in [0.1, 0.15) is 0 Å². The van der Waals surface area contributed by atoms with E-state index in [0.29, 0.717) is 5.41 Å². The number of benzene rings is 1. The van der Waals surface area contributed by atoms with Gasteiger partial charge in [-0.05, 0) is 11.1 Å². The number of rotatable bonds is 3. The second-order valence-electron chi connectivity index (χ2n) is 2.72. The number of hydrogen-bond acceptors (Lipinski definition) is 2. The van der Waals surface area contributed by atoms with Crippen molar-refractivity contribution in [3.05, 3.63) is 60.5 Å². The van der Waals surface area contributed by atoms with Gasteiger partial charge in [0, 0.05) is 0 Å². The molecule has 1 aromatic carbocycles. The van der Waals surface area contributed by atoms with Crippen LogP contribution < -0.4 is 51.4 Å². The summed E-state index contributed by atoms with van der Waals surface area (Å²) < 4.78 is 26.6. The molecule has 0 bridgehead atoms. The fourth-order valence-corrected chi connectivity index (χ4v) is 0.883. The fourth-order valence-electron chi connectivity index (χ4n) is 0.883. The van der Waals surface area contributed by atoms with E-state index in [1.54, 1.807) is 0 Å². The molecule has 0 saturated heterocycles. The van der Waals surface area contributed by atoms with Gasteiger partial charge in [-0.2, -0.15) is 8.42 Å². The van der Waals surface area contributed by atoms with Gasteiger partial charge in [-0.15, -0.1) is 0 Å². The molecule has 1 N–H and O–H groups in total. The molecule has 1 rings (SSSR count). The largest absolute Gasteiger partial charge is 1.00 e. The van der Waals surface area contributed by atoms with Crippen LogP contribution >= 0.6 is 0 Å². The summed E-state index contributed by atoms with van der Waals surface area (Å²) in [6.45, 7) is 10.2. The van der Waals surface area contributed by atoms with Crippen LogP contribution in [-0.4, -0.2) is 13.0 Å². The van der Waals surface area contributed by atoms with Crippen molar-refractivity contribution in [1.82, 2.24) is 0 Å². The zero-order chi connectivity index (χ0) is 12.6. The van der Waals surface area contributed by atoms with Crippen LogP contribution in [0.15, 0.2) is 49.4 Å². The van der Waals surface area contributed by atoms with E-state index in [0.717, 1.165) is 11.1 Å². The van der Waals surface area contributed by atoms with E-state index in [9.17, 15) is 8.42 Å². The molecule has 0 amide bonds. The van der Waals surface area contributed by atoms with Crippen LogP contribution in [0.3, 0.4) is 0 Å². The van der Waals surface area contributed by atoms with E-state index >= 15 is 0 Å². The van der Waals surface area contributed by atoms with E-state index in [2.05, 4.69) is 19.7 Å². The summed E-state index contributed by atoms with van der Waals surface area (Å²) in [6.07, 6.45) is 3.66. The Morgan fingerprint density at radius 3 is 1.53 bits per heavy atom.